The Morgan fingerprint density at radius 2 is 2.00 bits per heavy atom. The van der Waals surface area contributed by atoms with E-state index in [1.165, 1.54) is 12.8 Å². The summed E-state index contributed by atoms with van der Waals surface area (Å²) in [7, 11) is 0. The van der Waals surface area contributed by atoms with E-state index in [2.05, 4.69) is 33.0 Å². The summed E-state index contributed by atoms with van der Waals surface area (Å²) in [6, 6.07) is 0. The Morgan fingerprint density at radius 3 is 2.50 bits per heavy atom. The molecule has 2 heteroatoms. The van der Waals surface area contributed by atoms with E-state index < -0.39 is 0 Å². The molecule has 96 valence electrons. The van der Waals surface area contributed by atoms with Crippen LogP contribution in [0, 0.1) is 17.8 Å². The smallest absolute Gasteiger partial charge is 0.0613 e. The number of aliphatic hydroxyl groups excluding tert-OH is 1. The lowest BCUT2D eigenvalue weighted by atomic mass is 9.72. The van der Waals surface area contributed by atoms with Gasteiger partial charge in [0.15, 0.2) is 0 Å². The molecule has 2 unspecified atom stereocenters. The second-order valence-electron chi connectivity index (χ2n) is 6.31. The van der Waals surface area contributed by atoms with Crippen LogP contribution in [0.25, 0.3) is 0 Å². The fraction of sp³-hybridized carbons (Fsp3) is 1.00. The molecule has 2 atom stereocenters. The molecule has 0 amide bonds. The zero-order valence-corrected chi connectivity index (χ0v) is 11.4. The van der Waals surface area contributed by atoms with E-state index in [1.807, 2.05) is 0 Å². The average molecular weight is 227 g/mol. The van der Waals surface area contributed by atoms with Gasteiger partial charge in [0.2, 0.25) is 0 Å². The second-order valence-corrected chi connectivity index (χ2v) is 6.31. The van der Waals surface area contributed by atoms with Crippen molar-refractivity contribution in [2.75, 3.05) is 13.2 Å². The van der Waals surface area contributed by atoms with Crippen molar-refractivity contribution in [2.24, 2.45) is 17.8 Å². The molecule has 1 aliphatic rings. The van der Waals surface area contributed by atoms with E-state index in [0.29, 0.717) is 12.5 Å². The minimum atomic E-state index is 0.0114. The van der Waals surface area contributed by atoms with Gasteiger partial charge in [0, 0.05) is 5.54 Å². The molecule has 16 heavy (non-hydrogen) atoms. The zero-order chi connectivity index (χ0) is 12.2. The maximum absolute atomic E-state index is 9.69. The fourth-order valence-electron chi connectivity index (χ4n) is 2.76. The Morgan fingerprint density at radius 1 is 1.31 bits per heavy atom. The lowest BCUT2D eigenvalue weighted by Gasteiger charge is -2.42. The molecule has 0 aromatic rings. The van der Waals surface area contributed by atoms with Gasteiger partial charge in [0.25, 0.3) is 0 Å². The van der Waals surface area contributed by atoms with Crippen molar-refractivity contribution in [1.29, 1.82) is 0 Å². The first-order valence-corrected chi connectivity index (χ1v) is 6.85. The fourth-order valence-corrected chi connectivity index (χ4v) is 2.76. The van der Waals surface area contributed by atoms with Crippen LogP contribution in [0.4, 0.5) is 0 Å². The highest BCUT2D eigenvalue weighted by Crippen LogP contribution is 2.36. The maximum atomic E-state index is 9.69. The number of rotatable bonds is 5. The summed E-state index contributed by atoms with van der Waals surface area (Å²) in [5.74, 6) is 2.18. The van der Waals surface area contributed by atoms with Crippen molar-refractivity contribution in [1.82, 2.24) is 5.32 Å². The Labute approximate surface area is 101 Å². The minimum Gasteiger partial charge on any atom is -0.394 e. The molecule has 0 aliphatic heterocycles. The molecule has 0 spiro atoms. The van der Waals surface area contributed by atoms with Crippen molar-refractivity contribution in [3.05, 3.63) is 0 Å². The van der Waals surface area contributed by atoms with Gasteiger partial charge < -0.3 is 10.4 Å². The summed E-state index contributed by atoms with van der Waals surface area (Å²) >= 11 is 0. The van der Waals surface area contributed by atoms with Gasteiger partial charge in [-0.3, -0.25) is 0 Å². The standard InChI is InChI=1S/C14H29NO/c1-11(2)9-15-14(10-16)7-5-6-13(8-14)12(3)4/h11-13,15-16H,5-10H2,1-4H3. The molecule has 1 rings (SSSR count). The van der Waals surface area contributed by atoms with Crippen LogP contribution in [0.5, 0.6) is 0 Å². The molecule has 0 bridgehead atoms. The summed E-state index contributed by atoms with van der Waals surface area (Å²) in [5.41, 5.74) is 0.0114. The van der Waals surface area contributed by atoms with Crippen molar-refractivity contribution in [3.8, 4) is 0 Å². The second kappa shape index (κ2) is 6.02. The summed E-state index contributed by atoms with van der Waals surface area (Å²) in [6.07, 6.45) is 4.88. The third-order valence-electron chi connectivity index (χ3n) is 4.01. The monoisotopic (exact) mass is 227 g/mol. The normalized spacial score (nSPS) is 31.3. The van der Waals surface area contributed by atoms with Crippen molar-refractivity contribution in [2.45, 2.75) is 58.9 Å². The average Bonchev–Trinajstić information content (AvgIpc) is 2.26. The largest absolute Gasteiger partial charge is 0.394 e. The molecule has 1 saturated carbocycles. The lowest BCUT2D eigenvalue weighted by Crippen LogP contribution is -2.53. The van der Waals surface area contributed by atoms with Crippen molar-refractivity contribution >= 4 is 0 Å². The number of hydrogen-bond acceptors (Lipinski definition) is 2. The van der Waals surface area contributed by atoms with Crippen LogP contribution in [0.3, 0.4) is 0 Å². The molecule has 0 aromatic heterocycles. The van der Waals surface area contributed by atoms with E-state index in [0.717, 1.165) is 31.2 Å². The molecule has 2 nitrogen and oxygen atoms in total. The number of aliphatic hydroxyl groups is 1. The topological polar surface area (TPSA) is 32.3 Å². The van der Waals surface area contributed by atoms with E-state index in [4.69, 9.17) is 0 Å². The van der Waals surface area contributed by atoms with Crippen LogP contribution in [0.1, 0.15) is 53.4 Å². The molecular formula is C14H29NO. The van der Waals surface area contributed by atoms with E-state index in [-0.39, 0.29) is 5.54 Å². The van der Waals surface area contributed by atoms with Gasteiger partial charge in [-0.1, -0.05) is 40.5 Å². The first kappa shape index (κ1) is 14.0. The van der Waals surface area contributed by atoms with Gasteiger partial charge >= 0.3 is 0 Å². The van der Waals surface area contributed by atoms with Gasteiger partial charge in [-0.15, -0.1) is 0 Å². The van der Waals surface area contributed by atoms with Crippen LogP contribution >= 0.6 is 0 Å². The highest BCUT2D eigenvalue weighted by atomic mass is 16.3. The van der Waals surface area contributed by atoms with Crippen LogP contribution in [-0.2, 0) is 0 Å². The number of nitrogens with one attached hydrogen (secondary N) is 1. The van der Waals surface area contributed by atoms with E-state index in [9.17, 15) is 5.11 Å². The first-order chi connectivity index (χ1) is 7.49. The highest BCUT2D eigenvalue weighted by Gasteiger charge is 2.36. The molecule has 2 N–H and O–H groups in total. The van der Waals surface area contributed by atoms with Gasteiger partial charge in [-0.25, -0.2) is 0 Å². The van der Waals surface area contributed by atoms with Gasteiger partial charge in [-0.2, -0.15) is 0 Å². The van der Waals surface area contributed by atoms with Crippen LogP contribution in [0.15, 0.2) is 0 Å². The molecular weight excluding hydrogens is 198 g/mol. The third-order valence-corrected chi connectivity index (χ3v) is 4.01. The van der Waals surface area contributed by atoms with E-state index >= 15 is 0 Å². The quantitative estimate of drug-likeness (QED) is 0.757. The minimum absolute atomic E-state index is 0.0114. The predicted molar refractivity (Wildman–Crippen MR) is 69.5 cm³/mol. The van der Waals surface area contributed by atoms with Crippen LogP contribution < -0.4 is 5.32 Å². The summed E-state index contributed by atoms with van der Waals surface area (Å²) < 4.78 is 0. The third kappa shape index (κ3) is 3.74. The molecule has 0 heterocycles. The van der Waals surface area contributed by atoms with Crippen LogP contribution in [0.2, 0.25) is 0 Å². The van der Waals surface area contributed by atoms with Crippen LogP contribution in [-0.4, -0.2) is 23.8 Å². The first-order valence-electron chi connectivity index (χ1n) is 6.85. The predicted octanol–water partition coefficient (Wildman–Crippen LogP) is 2.81. The Hall–Kier alpha value is -0.0800. The molecule has 1 fully saturated rings. The Bertz CT molecular complexity index is 203. The SMILES string of the molecule is CC(C)CNC1(CO)CCCC(C(C)C)C1. The zero-order valence-electron chi connectivity index (χ0n) is 11.4. The summed E-state index contributed by atoms with van der Waals surface area (Å²) in [6.45, 7) is 10.4. The molecule has 1 aliphatic carbocycles. The van der Waals surface area contributed by atoms with E-state index in [1.54, 1.807) is 0 Å². The summed E-state index contributed by atoms with van der Waals surface area (Å²) in [5, 5.41) is 13.3. The maximum Gasteiger partial charge on any atom is 0.0613 e. The number of hydrogen-bond donors (Lipinski definition) is 2. The Kier molecular flexibility index (Phi) is 5.26. The summed E-state index contributed by atoms with van der Waals surface area (Å²) in [4.78, 5) is 0. The molecule has 0 saturated heterocycles. The van der Waals surface area contributed by atoms with Gasteiger partial charge in [-0.05, 0) is 37.1 Å². The molecule has 0 aromatic carbocycles. The van der Waals surface area contributed by atoms with Gasteiger partial charge in [0.05, 0.1) is 6.61 Å². The highest BCUT2D eigenvalue weighted by molar-refractivity contribution is 4.94. The van der Waals surface area contributed by atoms with Gasteiger partial charge in [0.1, 0.15) is 0 Å². The van der Waals surface area contributed by atoms with Crippen molar-refractivity contribution < 1.29 is 5.11 Å². The lowest BCUT2D eigenvalue weighted by molar-refractivity contribution is 0.0788. The van der Waals surface area contributed by atoms with Crippen molar-refractivity contribution in [3.63, 3.8) is 0 Å². The molecule has 0 radical (unpaired) electrons. The Balaban J connectivity index is 2.56.